The monoisotopic (exact) mass is 188 g/mol. The highest BCUT2D eigenvalue weighted by Gasteiger charge is 2.38. The first-order valence-corrected chi connectivity index (χ1v) is 4.56. The molecule has 76 valence electrons. The second-order valence-electron chi connectivity index (χ2n) is 3.28. The summed E-state index contributed by atoms with van der Waals surface area (Å²) in [5.41, 5.74) is 0. The predicted molar refractivity (Wildman–Crippen MR) is 46.2 cm³/mol. The first-order valence-electron chi connectivity index (χ1n) is 4.56. The van der Waals surface area contributed by atoms with Crippen LogP contribution in [-0.4, -0.2) is 37.0 Å². The van der Waals surface area contributed by atoms with Gasteiger partial charge in [0.25, 0.3) is 0 Å². The number of ether oxygens (including phenoxy) is 2. The Morgan fingerprint density at radius 3 is 2.69 bits per heavy atom. The van der Waals surface area contributed by atoms with E-state index in [4.69, 9.17) is 4.74 Å². The second kappa shape index (κ2) is 4.58. The van der Waals surface area contributed by atoms with Crippen LogP contribution in [0.15, 0.2) is 0 Å². The topological polar surface area (TPSA) is 55.8 Å². The molecule has 0 amide bonds. The van der Waals surface area contributed by atoms with Crippen molar-refractivity contribution in [3.8, 4) is 0 Å². The maximum absolute atomic E-state index is 10.9. The van der Waals surface area contributed by atoms with Crippen LogP contribution in [-0.2, 0) is 14.3 Å². The summed E-state index contributed by atoms with van der Waals surface area (Å²) in [6.45, 7) is 2.62. The molecule has 1 aliphatic carbocycles. The molecule has 1 atom stereocenters. The average Bonchev–Trinajstić information content (AvgIpc) is 2.08. The molecule has 13 heavy (non-hydrogen) atoms. The number of hydrogen-bond acceptors (Lipinski definition) is 4. The van der Waals surface area contributed by atoms with Gasteiger partial charge in [0.05, 0.1) is 13.2 Å². The number of carbonyl (C=O) groups is 1. The van der Waals surface area contributed by atoms with Gasteiger partial charge in [-0.3, -0.25) is 0 Å². The standard InChI is InChI=1S/C9H16O4/c1-3-13-7-4-6(5-7)8(10)9(11)12-2/h6-8,10H,3-5H2,1-2H3. The molecule has 0 radical (unpaired) electrons. The number of esters is 1. The van der Waals surface area contributed by atoms with Crippen molar-refractivity contribution in [2.75, 3.05) is 13.7 Å². The third kappa shape index (κ3) is 2.42. The van der Waals surface area contributed by atoms with Crippen LogP contribution in [0.4, 0.5) is 0 Å². The molecule has 0 aromatic rings. The summed E-state index contributed by atoms with van der Waals surface area (Å²) in [6.07, 6.45) is 0.754. The minimum atomic E-state index is -0.971. The van der Waals surface area contributed by atoms with E-state index < -0.39 is 12.1 Å². The van der Waals surface area contributed by atoms with Crippen molar-refractivity contribution in [1.82, 2.24) is 0 Å². The van der Waals surface area contributed by atoms with E-state index in [1.807, 2.05) is 6.92 Å². The summed E-state index contributed by atoms with van der Waals surface area (Å²) in [7, 11) is 1.28. The first-order chi connectivity index (χ1) is 6.19. The Morgan fingerprint density at radius 2 is 2.23 bits per heavy atom. The van der Waals surface area contributed by atoms with Crippen LogP contribution < -0.4 is 0 Å². The molecule has 0 aromatic heterocycles. The molecule has 0 saturated heterocycles. The number of carbonyl (C=O) groups excluding carboxylic acids is 1. The van der Waals surface area contributed by atoms with Gasteiger partial charge in [-0.05, 0) is 19.8 Å². The Morgan fingerprint density at radius 1 is 1.62 bits per heavy atom. The molecule has 4 heteroatoms. The molecule has 1 saturated carbocycles. The van der Waals surface area contributed by atoms with Crippen LogP contribution in [0, 0.1) is 5.92 Å². The molecule has 0 bridgehead atoms. The van der Waals surface area contributed by atoms with E-state index in [0.29, 0.717) is 6.61 Å². The quantitative estimate of drug-likeness (QED) is 0.646. The molecule has 1 aliphatic rings. The lowest BCUT2D eigenvalue weighted by atomic mass is 9.78. The smallest absolute Gasteiger partial charge is 0.334 e. The summed E-state index contributed by atoms with van der Waals surface area (Å²) in [5, 5.41) is 9.39. The zero-order valence-electron chi connectivity index (χ0n) is 8.03. The second-order valence-corrected chi connectivity index (χ2v) is 3.28. The Kier molecular flexibility index (Phi) is 3.69. The zero-order chi connectivity index (χ0) is 9.84. The summed E-state index contributed by atoms with van der Waals surface area (Å²) >= 11 is 0. The van der Waals surface area contributed by atoms with Gasteiger partial charge in [0.15, 0.2) is 6.10 Å². The Bertz CT molecular complexity index is 174. The average molecular weight is 188 g/mol. The van der Waals surface area contributed by atoms with Gasteiger partial charge in [0, 0.05) is 12.5 Å². The Hall–Kier alpha value is -0.610. The summed E-state index contributed by atoms with van der Waals surface area (Å²) in [4.78, 5) is 10.9. The fourth-order valence-electron chi connectivity index (χ4n) is 1.55. The van der Waals surface area contributed by atoms with E-state index in [2.05, 4.69) is 4.74 Å². The van der Waals surface area contributed by atoms with Crippen LogP contribution in [0.2, 0.25) is 0 Å². The molecule has 1 unspecified atom stereocenters. The number of rotatable bonds is 4. The molecule has 1 N–H and O–H groups in total. The molecule has 0 aliphatic heterocycles. The highest BCUT2D eigenvalue weighted by atomic mass is 16.5. The van der Waals surface area contributed by atoms with Gasteiger partial charge in [-0.1, -0.05) is 0 Å². The molecule has 0 aromatic carbocycles. The summed E-state index contributed by atoms with van der Waals surface area (Å²) in [5.74, 6) is -0.524. The van der Waals surface area contributed by atoms with Crippen molar-refractivity contribution in [1.29, 1.82) is 0 Å². The third-order valence-corrected chi connectivity index (χ3v) is 2.42. The fraction of sp³-hybridized carbons (Fsp3) is 0.889. The number of aliphatic hydroxyl groups excluding tert-OH is 1. The highest BCUT2D eigenvalue weighted by molar-refractivity contribution is 5.74. The number of hydrogen-bond donors (Lipinski definition) is 1. The molecular formula is C9H16O4. The van der Waals surface area contributed by atoms with E-state index in [0.717, 1.165) is 12.8 Å². The van der Waals surface area contributed by atoms with Crippen LogP contribution in [0.1, 0.15) is 19.8 Å². The molecule has 0 heterocycles. The zero-order valence-corrected chi connectivity index (χ0v) is 8.03. The maximum Gasteiger partial charge on any atom is 0.334 e. The van der Waals surface area contributed by atoms with Crippen molar-refractivity contribution < 1.29 is 19.4 Å². The predicted octanol–water partition coefficient (Wildman–Crippen LogP) is 0.335. The molecule has 0 spiro atoms. The minimum absolute atomic E-state index is 0.0176. The fourth-order valence-corrected chi connectivity index (χ4v) is 1.55. The largest absolute Gasteiger partial charge is 0.467 e. The van der Waals surface area contributed by atoms with Crippen LogP contribution in [0.25, 0.3) is 0 Å². The minimum Gasteiger partial charge on any atom is -0.467 e. The van der Waals surface area contributed by atoms with E-state index in [-0.39, 0.29) is 12.0 Å². The number of aliphatic hydroxyl groups is 1. The Balaban J connectivity index is 2.22. The lowest BCUT2D eigenvalue weighted by Crippen LogP contribution is -2.42. The van der Waals surface area contributed by atoms with Gasteiger partial charge < -0.3 is 14.6 Å². The third-order valence-electron chi connectivity index (χ3n) is 2.42. The first kappa shape index (κ1) is 10.5. The summed E-state index contributed by atoms with van der Waals surface area (Å²) < 4.78 is 9.74. The van der Waals surface area contributed by atoms with Crippen LogP contribution >= 0.6 is 0 Å². The highest BCUT2D eigenvalue weighted by Crippen LogP contribution is 2.33. The van der Waals surface area contributed by atoms with Gasteiger partial charge in [0.1, 0.15) is 0 Å². The Labute approximate surface area is 77.8 Å². The lowest BCUT2D eigenvalue weighted by Gasteiger charge is -2.36. The van der Waals surface area contributed by atoms with Crippen LogP contribution in [0.3, 0.4) is 0 Å². The van der Waals surface area contributed by atoms with Gasteiger partial charge in [0.2, 0.25) is 0 Å². The van der Waals surface area contributed by atoms with E-state index >= 15 is 0 Å². The van der Waals surface area contributed by atoms with Gasteiger partial charge in [-0.2, -0.15) is 0 Å². The summed E-state index contributed by atoms with van der Waals surface area (Å²) in [6, 6.07) is 0. The normalized spacial score (nSPS) is 29.2. The van der Waals surface area contributed by atoms with Crippen molar-refractivity contribution >= 4 is 5.97 Å². The number of methoxy groups -OCH3 is 1. The molecule has 1 rings (SSSR count). The SMILES string of the molecule is CCOC1CC(C(O)C(=O)OC)C1. The van der Waals surface area contributed by atoms with Gasteiger partial charge >= 0.3 is 5.97 Å². The van der Waals surface area contributed by atoms with Gasteiger partial charge in [-0.25, -0.2) is 4.79 Å². The van der Waals surface area contributed by atoms with Crippen molar-refractivity contribution in [2.24, 2.45) is 5.92 Å². The maximum atomic E-state index is 10.9. The lowest BCUT2D eigenvalue weighted by molar-refractivity contribution is -0.159. The van der Waals surface area contributed by atoms with Crippen molar-refractivity contribution in [3.63, 3.8) is 0 Å². The van der Waals surface area contributed by atoms with E-state index in [1.54, 1.807) is 0 Å². The molecule has 4 nitrogen and oxygen atoms in total. The van der Waals surface area contributed by atoms with Crippen molar-refractivity contribution in [3.05, 3.63) is 0 Å². The molecule has 1 fully saturated rings. The van der Waals surface area contributed by atoms with Crippen molar-refractivity contribution in [2.45, 2.75) is 32.0 Å². The van der Waals surface area contributed by atoms with E-state index in [1.165, 1.54) is 7.11 Å². The van der Waals surface area contributed by atoms with E-state index in [9.17, 15) is 9.90 Å². The van der Waals surface area contributed by atoms with Gasteiger partial charge in [-0.15, -0.1) is 0 Å². The molecular weight excluding hydrogens is 172 g/mol. The van der Waals surface area contributed by atoms with Crippen LogP contribution in [0.5, 0.6) is 0 Å².